The third-order valence-corrected chi connectivity index (χ3v) is 6.22. The topological polar surface area (TPSA) is 40.6 Å². The van der Waals surface area contributed by atoms with E-state index in [4.69, 9.17) is 0 Å². The molecule has 0 saturated heterocycles. The highest BCUT2D eigenvalue weighted by Gasteiger charge is 2.41. The molecule has 2 unspecified atom stereocenters. The highest BCUT2D eigenvalue weighted by molar-refractivity contribution is 6.21. The summed E-state index contributed by atoms with van der Waals surface area (Å²) in [5, 5.41) is 0. The summed E-state index contributed by atoms with van der Waals surface area (Å²) in [5.41, 5.74) is 3.59. The number of imide groups is 1. The van der Waals surface area contributed by atoms with Gasteiger partial charge in [-0.05, 0) is 48.9 Å². The maximum absolute atomic E-state index is 12.8. The van der Waals surface area contributed by atoms with Gasteiger partial charge in [-0.15, -0.1) is 0 Å². The van der Waals surface area contributed by atoms with E-state index >= 15 is 0 Å². The van der Waals surface area contributed by atoms with Crippen LogP contribution in [0.15, 0.2) is 48.5 Å². The molecule has 0 bridgehead atoms. The fourth-order valence-electron chi connectivity index (χ4n) is 4.96. The lowest BCUT2D eigenvalue weighted by molar-refractivity contribution is 0.0643. The molecule has 4 nitrogen and oxygen atoms in total. The standard InChI is InChI=1S/C22H22N2O2/c25-21-17-9-3-4-10-18(17)22(26)24(21)14-23-19-11-5-1-7-15(19)13-16-8-2-6-12-20(16)23/h1,3-5,7,9-11,16,20H,2,6,8,12-14H2. The Morgan fingerprint density at radius 3 is 2.27 bits per heavy atom. The quantitative estimate of drug-likeness (QED) is 0.775. The zero-order chi connectivity index (χ0) is 17.7. The van der Waals surface area contributed by atoms with Crippen molar-refractivity contribution >= 4 is 17.5 Å². The summed E-state index contributed by atoms with van der Waals surface area (Å²) in [6.45, 7) is 0.352. The van der Waals surface area contributed by atoms with E-state index in [1.54, 1.807) is 12.1 Å². The first-order valence-corrected chi connectivity index (χ1v) is 9.54. The average Bonchev–Trinajstić information content (AvgIpc) is 2.93. The number of nitrogens with zero attached hydrogens (tertiary/aromatic N) is 2. The Kier molecular flexibility index (Phi) is 3.59. The number of benzene rings is 2. The first-order valence-electron chi connectivity index (χ1n) is 9.54. The van der Waals surface area contributed by atoms with Crippen molar-refractivity contribution in [2.24, 2.45) is 5.92 Å². The molecule has 0 N–H and O–H groups in total. The van der Waals surface area contributed by atoms with Crippen molar-refractivity contribution in [2.75, 3.05) is 11.6 Å². The minimum atomic E-state index is -0.166. The van der Waals surface area contributed by atoms with Crippen molar-refractivity contribution < 1.29 is 9.59 Å². The van der Waals surface area contributed by atoms with Crippen LogP contribution in [-0.2, 0) is 6.42 Å². The van der Waals surface area contributed by atoms with Gasteiger partial charge in [-0.2, -0.15) is 0 Å². The third-order valence-electron chi connectivity index (χ3n) is 6.22. The summed E-state index contributed by atoms with van der Waals surface area (Å²) in [5.74, 6) is 0.288. The normalized spacial score (nSPS) is 24.3. The number of para-hydroxylation sites is 1. The smallest absolute Gasteiger partial charge is 0.263 e. The largest absolute Gasteiger partial charge is 0.350 e. The molecule has 2 heterocycles. The second-order valence-corrected chi connectivity index (χ2v) is 7.64. The molecule has 1 saturated carbocycles. The monoisotopic (exact) mass is 346 g/mol. The lowest BCUT2D eigenvalue weighted by Gasteiger charge is -2.47. The van der Waals surface area contributed by atoms with Crippen molar-refractivity contribution in [1.82, 2.24) is 4.90 Å². The molecule has 2 atom stereocenters. The van der Waals surface area contributed by atoms with E-state index < -0.39 is 0 Å². The Morgan fingerprint density at radius 1 is 0.846 bits per heavy atom. The molecule has 2 aromatic rings. The van der Waals surface area contributed by atoms with Crippen LogP contribution < -0.4 is 4.90 Å². The predicted molar refractivity (Wildman–Crippen MR) is 100 cm³/mol. The summed E-state index contributed by atoms with van der Waals surface area (Å²) in [6.07, 6.45) is 5.99. The number of carbonyl (C=O) groups excluding carboxylic acids is 2. The maximum atomic E-state index is 12.8. The van der Waals surface area contributed by atoms with E-state index in [2.05, 4.69) is 29.2 Å². The molecule has 4 heteroatoms. The van der Waals surface area contributed by atoms with Crippen molar-refractivity contribution in [1.29, 1.82) is 0 Å². The lowest BCUT2D eigenvalue weighted by Crippen LogP contribution is -2.52. The van der Waals surface area contributed by atoms with Crippen molar-refractivity contribution in [3.05, 3.63) is 65.2 Å². The highest BCUT2D eigenvalue weighted by Crippen LogP contribution is 2.41. The molecule has 5 rings (SSSR count). The molecule has 2 aromatic carbocycles. The lowest BCUT2D eigenvalue weighted by atomic mass is 9.76. The summed E-state index contributed by atoms with van der Waals surface area (Å²) in [4.78, 5) is 29.4. The van der Waals surface area contributed by atoms with E-state index in [0.717, 1.165) is 12.8 Å². The summed E-state index contributed by atoms with van der Waals surface area (Å²) < 4.78 is 0. The number of hydrogen-bond acceptors (Lipinski definition) is 3. The van der Waals surface area contributed by atoms with Crippen LogP contribution in [0.4, 0.5) is 5.69 Å². The molecule has 0 spiro atoms. The van der Waals surface area contributed by atoms with E-state index in [9.17, 15) is 9.59 Å². The Labute approximate surface area is 153 Å². The fourth-order valence-corrected chi connectivity index (χ4v) is 4.96. The molecule has 0 radical (unpaired) electrons. The SMILES string of the molecule is O=C1c2ccccc2C(=O)N1CN1c2ccccc2CC2CCCCC21. The van der Waals surface area contributed by atoms with E-state index in [-0.39, 0.29) is 11.8 Å². The molecule has 2 aliphatic heterocycles. The number of carbonyl (C=O) groups is 2. The first kappa shape index (κ1) is 15.6. The van der Waals surface area contributed by atoms with Gasteiger partial charge >= 0.3 is 0 Å². The van der Waals surface area contributed by atoms with Gasteiger partial charge in [0.15, 0.2) is 0 Å². The van der Waals surface area contributed by atoms with Crippen molar-refractivity contribution in [3.63, 3.8) is 0 Å². The number of hydrogen-bond donors (Lipinski definition) is 0. The molecule has 3 aliphatic rings. The molecule has 132 valence electrons. The van der Waals surface area contributed by atoms with Gasteiger partial charge in [0.05, 0.1) is 11.1 Å². The Morgan fingerprint density at radius 2 is 1.50 bits per heavy atom. The number of rotatable bonds is 2. The van der Waals surface area contributed by atoms with Crippen molar-refractivity contribution in [2.45, 2.75) is 38.1 Å². The van der Waals surface area contributed by atoms with Gasteiger partial charge in [-0.25, -0.2) is 0 Å². The zero-order valence-electron chi connectivity index (χ0n) is 14.7. The van der Waals surface area contributed by atoms with Crippen LogP contribution in [0.5, 0.6) is 0 Å². The molecule has 1 aliphatic carbocycles. The van der Waals surface area contributed by atoms with Crippen LogP contribution >= 0.6 is 0 Å². The molecular formula is C22H22N2O2. The molecule has 1 fully saturated rings. The van der Waals surface area contributed by atoms with E-state index in [1.807, 2.05) is 12.1 Å². The van der Waals surface area contributed by atoms with Crippen LogP contribution in [0.25, 0.3) is 0 Å². The van der Waals surface area contributed by atoms with Crippen LogP contribution in [-0.4, -0.2) is 29.4 Å². The Hall–Kier alpha value is -2.62. The number of amides is 2. The Bertz CT molecular complexity index is 856. The van der Waals surface area contributed by atoms with E-state index in [1.165, 1.54) is 35.4 Å². The van der Waals surface area contributed by atoms with Gasteiger partial charge in [0.2, 0.25) is 0 Å². The van der Waals surface area contributed by atoms with Gasteiger partial charge in [-0.3, -0.25) is 14.5 Å². The summed E-state index contributed by atoms with van der Waals surface area (Å²) in [7, 11) is 0. The van der Waals surface area contributed by atoms with E-state index in [0.29, 0.717) is 29.8 Å². The molecule has 2 amide bonds. The van der Waals surface area contributed by atoms with Crippen molar-refractivity contribution in [3.8, 4) is 0 Å². The van der Waals surface area contributed by atoms with Gasteiger partial charge < -0.3 is 4.90 Å². The minimum Gasteiger partial charge on any atom is -0.350 e. The first-order chi connectivity index (χ1) is 12.7. The van der Waals surface area contributed by atoms with Crippen LogP contribution in [0.2, 0.25) is 0 Å². The van der Waals surface area contributed by atoms with Gasteiger partial charge in [-0.1, -0.05) is 43.2 Å². The summed E-state index contributed by atoms with van der Waals surface area (Å²) >= 11 is 0. The predicted octanol–water partition coefficient (Wildman–Crippen LogP) is 3.86. The summed E-state index contributed by atoms with van der Waals surface area (Å²) in [6, 6.07) is 16.0. The zero-order valence-corrected chi connectivity index (χ0v) is 14.7. The van der Waals surface area contributed by atoms with Crippen LogP contribution in [0.3, 0.4) is 0 Å². The van der Waals surface area contributed by atoms with Crippen LogP contribution in [0, 0.1) is 5.92 Å². The highest BCUT2D eigenvalue weighted by atomic mass is 16.2. The van der Waals surface area contributed by atoms with Gasteiger partial charge in [0, 0.05) is 11.7 Å². The fraction of sp³-hybridized carbons (Fsp3) is 0.364. The average molecular weight is 346 g/mol. The Balaban J connectivity index is 1.51. The molecule has 26 heavy (non-hydrogen) atoms. The van der Waals surface area contributed by atoms with Gasteiger partial charge in [0.1, 0.15) is 6.67 Å². The number of fused-ring (bicyclic) bond motifs is 3. The second-order valence-electron chi connectivity index (χ2n) is 7.64. The maximum Gasteiger partial charge on any atom is 0.263 e. The van der Waals surface area contributed by atoms with Crippen LogP contribution in [0.1, 0.15) is 52.0 Å². The number of anilines is 1. The van der Waals surface area contributed by atoms with Gasteiger partial charge in [0.25, 0.3) is 11.8 Å². The third kappa shape index (κ3) is 2.28. The molecular weight excluding hydrogens is 324 g/mol. The molecule has 0 aromatic heterocycles. The minimum absolute atomic E-state index is 0.166. The second kappa shape index (κ2) is 5.97.